The maximum absolute atomic E-state index is 14.0. The number of methoxy groups -OCH3 is 1. The van der Waals surface area contributed by atoms with Gasteiger partial charge in [-0.3, -0.25) is 9.36 Å². The number of rotatable bonds is 8. The molecular formula is C25H22ClFN4O2S. The van der Waals surface area contributed by atoms with E-state index >= 15 is 0 Å². The Hall–Kier alpha value is -3.36. The van der Waals surface area contributed by atoms with Crippen molar-refractivity contribution in [1.29, 1.82) is 0 Å². The zero-order valence-electron chi connectivity index (χ0n) is 18.6. The van der Waals surface area contributed by atoms with Gasteiger partial charge in [-0.15, -0.1) is 10.2 Å². The third-order valence-corrected chi connectivity index (χ3v) is 6.38. The minimum atomic E-state index is -0.335. The van der Waals surface area contributed by atoms with E-state index in [0.29, 0.717) is 27.3 Å². The van der Waals surface area contributed by atoms with Gasteiger partial charge in [-0.25, -0.2) is 4.39 Å². The Morgan fingerprint density at radius 3 is 2.53 bits per heavy atom. The van der Waals surface area contributed by atoms with Crippen molar-refractivity contribution in [2.75, 3.05) is 19.9 Å². The molecule has 0 N–H and O–H groups in total. The number of halogens is 2. The summed E-state index contributed by atoms with van der Waals surface area (Å²) in [6.45, 7) is 0.183. The first-order valence-corrected chi connectivity index (χ1v) is 11.8. The Morgan fingerprint density at radius 2 is 1.82 bits per heavy atom. The zero-order valence-corrected chi connectivity index (χ0v) is 20.2. The van der Waals surface area contributed by atoms with E-state index in [1.807, 2.05) is 41.0 Å². The molecule has 1 heterocycles. The van der Waals surface area contributed by atoms with Crippen LogP contribution in [0, 0.1) is 5.82 Å². The van der Waals surface area contributed by atoms with Crippen LogP contribution in [0.1, 0.15) is 5.56 Å². The Morgan fingerprint density at radius 1 is 1.09 bits per heavy atom. The van der Waals surface area contributed by atoms with Gasteiger partial charge in [0.2, 0.25) is 5.91 Å². The molecule has 0 atom stereocenters. The molecule has 4 aromatic rings. The molecule has 9 heteroatoms. The molecule has 3 aromatic carbocycles. The fourth-order valence-electron chi connectivity index (χ4n) is 3.37. The highest BCUT2D eigenvalue weighted by Crippen LogP contribution is 2.32. The lowest BCUT2D eigenvalue weighted by molar-refractivity contribution is -0.127. The third-order valence-electron chi connectivity index (χ3n) is 5.17. The molecule has 174 valence electrons. The van der Waals surface area contributed by atoms with E-state index in [9.17, 15) is 9.18 Å². The van der Waals surface area contributed by atoms with Crippen molar-refractivity contribution in [3.8, 4) is 22.8 Å². The Labute approximate surface area is 206 Å². The second kappa shape index (κ2) is 10.7. The van der Waals surface area contributed by atoms with E-state index in [4.69, 9.17) is 16.3 Å². The molecule has 0 spiro atoms. The largest absolute Gasteiger partial charge is 0.495 e. The van der Waals surface area contributed by atoms with Gasteiger partial charge in [0.1, 0.15) is 11.6 Å². The smallest absolute Gasteiger partial charge is 0.233 e. The number of aromatic nitrogens is 3. The van der Waals surface area contributed by atoms with Gasteiger partial charge < -0.3 is 9.64 Å². The summed E-state index contributed by atoms with van der Waals surface area (Å²) in [5, 5.41) is 9.71. The van der Waals surface area contributed by atoms with Crippen molar-refractivity contribution < 1.29 is 13.9 Å². The molecule has 34 heavy (non-hydrogen) atoms. The highest BCUT2D eigenvalue weighted by molar-refractivity contribution is 7.99. The minimum Gasteiger partial charge on any atom is -0.495 e. The summed E-state index contributed by atoms with van der Waals surface area (Å²) in [6, 6.07) is 21.5. The fraction of sp³-hybridized carbons (Fsp3) is 0.160. The normalized spacial score (nSPS) is 10.8. The van der Waals surface area contributed by atoms with Crippen LogP contribution in [0.25, 0.3) is 17.1 Å². The van der Waals surface area contributed by atoms with Gasteiger partial charge in [-0.05, 0) is 24.3 Å². The van der Waals surface area contributed by atoms with Gasteiger partial charge in [0.25, 0.3) is 0 Å². The number of ether oxygens (including phenoxy) is 1. The first-order valence-electron chi connectivity index (χ1n) is 10.4. The van der Waals surface area contributed by atoms with Crippen molar-refractivity contribution in [3.05, 3.63) is 89.2 Å². The summed E-state index contributed by atoms with van der Waals surface area (Å²) in [5.41, 5.74) is 2.08. The summed E-state index contributed by atoms with van der Waals surface area (Å²) in [4.78, 5) is 14.3. The average molecular weight is 497 g/mol. The van der Waals surface area contributed by atoms with Crippen LogP contribution >= 0.6 is 23.4 Å². The standard InChI is InChI=1S/C25H22ClFN4O2S/c1-30(15-18-10-6-7-11-21(18)27)23(32)16-34-25-29-28-24(17-8-4-3-5-9-17)31(25)19-12-13-22(33-2)20(26)14-19/h3-14H,15-16H2,1-2H3. The van der Waals surface area contributed by atoms with Crippen LogP contribution < -0.4 is 4.74 Å². The van der Waals surface area contributed by atoms with Gasteiger partial charge in [0.05, 0.1) is 23.6 Å². The number of hydrogen-bond donors (Lipinski definition) is 0. The van der Waals surface area contributed by atoms with E-state index in [1.165, 1.54) is 22.7 Å². The predicted octanol–water partition coefficient (Wildman–Crippen LogP) is 5.49. The van der Waals surface area contributed by atoms with Crippen LogP contribution in [-0.4, -0.2) is 45.5 Å². The number of thioether (sulfide) groups is 1. The highest BCUT2D eigenvalue weighted by Gasteiger charge is 2.19. The van der Waals surface area contributed by atoms with Crippen LogP contribution in [0.3, 0.4) is 0 Å². The first-order chi connectivity index (χ1) is 16.5. The topological polar surface area (TPSA) is 60.2 Å². The maximum atomic E-state index is 14.0. The second-order valence-electron chi connectivity index (χ2n) is 7.46. The van der Waals surface area contributed by atoms with Crippen molar-refractivity contribution in [3.63, 3.8) is 0 Å². The quantitative estimate of drug-likeness (QED) is 0.302. The van der Waals surface area contributed by atoms with Crippen LogP contribution in [-0.2, 0) is 11.3 Å². The zero-order chi connectivity index (χ0) is 24.1. The summed E-state index contributed by atoms with van der Waals surface area (Å²) in [5.74, 6) is 0.799. The number of benzene rings is 3. The Bertz CT molecular complexity index is 1300. The number of carbonyl (C=O) groups is 1. The number of nitrogens with zero attached hydrogens (tertiary/aromatic N) is 4. The molecule has 1 amide bonds. The van der Waals surface area contributed by atoms with E-state index in [-0.39, 0.29) is 24.0 Å². The van der Waals surface area contributed by atoms with Gasteiger partial charge in [-0.2, -0.15) is 0 Å². The van der Waals surface area contributed by atoms with E-state index in [1.54, 1.807) is 44.5 Å². The molecule has 0 bridgehead atoms. The van der Waals surface area contributed by atoms with Crippen molar-refractivity contribution in [2.45, 2.75) is 11.7 Å². The molecule has 1 aromatic heterocycles. The molecule has 0 fully saturated rings. The molecule has 4 rings (SSSR count). The predicted molar refractivity (Wildman–Crippen MR) is 132 cm³/mol. The van der Waals surface area contributed by atoms with E-state index < -0.39 is 0 Å². The second-order valence-corrected chi connectivity index (χ2v) is 8.81. The monoisotopic (exact) mass is 496 g/mol. The summed E-state index contributed by atoms with van der Waals surface area (Å²) < 4.78 is 21.1. The lowest BCUT2D eigenvalue weighted by Crippen LogP contribution is -2.28. The number of carbonyl (C=O) groups excluding carboxylic acids is 1. The van der Waals surface area contributed by atoms with Crippen molar-refractivity contribution in [2.24, 2.45) is 0 Å². The molecule has 0 radical (unpaired) electrons. The molecule has 0 aliphatic carbocycles. The third kappa shape index (κ3) is 5.24. The lowest BCUT2D eigenvalue weighted by Gasteiger charge is -2.17. The minimum absolute atomic E-state index is 0.113. The van der Waals surface area contributed by atoms with Crippen LogP contribution in [0.4, 0.5) is 4.39 Å². The SMILES string of the molecule is COc1ccc(-n2c(SCC(=O)N(C)Cc3ccccc3F)nnc2-c2ccccc2)cc1Cl. The first kappa shape index (κ1) is 23.8. The van der Waals surface area contributed by atoms with Gasteiger partial charge in [0, 0.05) is 24.7 Å². The number of amides is 1. The average Bonchev–Trinajstić information content (AvgIpc) is 3.28. The Balaban J connectivity index is 1.59. The maximum Gasteiger partial charge on any atom is 0.233 e. The lowest BCUT2D eigenvalue weighted by atomic mass is 10.2. The van der Waals surface area contributed by atoms with Crippen molar-refractivity contribution in [1.82, 2.24) is 19.7 Å². The molecule has 0 unspecified atom stereocenters. The molecule has 0 aliphatic rings. The molecular weight excluding hydrogens is 475 g/mol. The molecule has 6 nitrogen and oxygen atoms in total. The molecule has 0 aliphatic heterocycles. The van der Waals surface area contributed by atoms with Crippen LogP contribution in [0.15, 0.2) is 78.0 Å². The van der Waals surface area contributed by atoms with Gasteiger partial charge >= 0.3 is 0 Å². The van der Waals surface area contributed by atoms with Crippen LogP contribution in [0.5, 0.6) is 5.75 Å². The summed E-state index contributed by atoms with van der Waals surface area (Å²) in [7, 11) is 3.21. The van der Waals surface area contributed by atoms with E-state index in [2.05, 4.69) is 10.2 Å². The summed E-state index contributed by atoms with van der Waals surface area (Å²) in [6.07, 6.45) is 0. The van der Waals surface area contributed by atoms with Gasteiger partial charge in [0.15, 0.2) is 11.0 Å². The molecule has 0 saturated carbocycles. The Kier molecular flexibility index (Phi) is 7.49. The highest BCUT2D eigenvalue weighted by atomic mass is 35.5. The van der Waals surface area contributed by atoms with E-state index in [0.717, 1.165) is 11.3 Å². The summed E-state index contributed by atoms with van der Waals surface area (Å²) >= 11 is 7.63. The number of hydrogen-bond acceptors (Lipinski definition) is 5. The van der Waals surface area contributed by atoms with Crippen LogP contribution in [0.2, 0.25) is 5.02 Å². The van der Waals surface area contributed by atoms with Crippen molar-refractivity contribution >= 4 is 29.3 Å². The fourth-order valence-corrected chi connectivity index (χ4v) is 4.52. The molecule has 0 saturated heterocycles. The van der Waals surface area contributed by atoms with Gasteiger partial charge in [-0.1, -0.05) is 71.9 Å².